The Morgan fingerprint density at radius 2 is 1.76 bits per heavy atom. The van der Waals surface area contributed by atoms with Crippen LogP contribution in [0.5, 0.6) is 0 Å². The number of alkyl halides is 3. The lowest BCUT2D eigenvalue weighted by molar-refractivity contribution is -0.137. The summed E-state index contributed by atoms with van der Waals surface area (Å²) in [6, 6.07) is 4.95. The molecule has 1 aliphatic heterocycles. The molecule has 2 fully saturated rings. The van der Waals surface area contributed by atoms with Crippen molar-refractivity contribution in [1.82, 2.24) is 20.2 Å². The molecule has 2 aliphatic rings. The second-order valence-electron chi connectivity index (χ2n) is 7.72. The fourth-order valence-electron chi connectivity index (χ4n) is 3.77. The second kappa shape index (κ2) is 8.10. The molecule has 1 unspecified atom stereocenters. The fourth-order valence-corrected chi connectivity index (χ4v) is 3.77. The predicted octanol–water partition coefficient (Wildman–Crippen LogP) is 3.58. The Morgan fingerprint density at radius 1 is 1.07 bits per heavy atom. The smallest absolute Gasteiger partial charge is 0.342 e. The minimum atomic E-state index is -4.37. The van der Waals surface area contributed by atoms with Crippen molar-refractivity contribution < 1.29 is 18.0 Å². The highest BCUT2D eigenvalue weighted by Gasteiger charge is 2.35. The largest absolute Gasteiger partial charge is 0.416 e. The van der Waals surface area contributed by atoms with Gasteiger partial charge in [-0.2, -0.15) is 13.2 Å². The molecule has 0 bridgehead atoms. The van der Waals surface area contributed by atoms with E-state index in [9.17, 15) is 18.0 Å². The number of halogens is 3. The second-order valence-corrected chi connectivity index (χ2v) is 7.72. The number of nitrogens with one attached hydrogen (secondary N) is 1. The summed E-state index contributed by atoms with van der Waals surface area (Å²) in [6.45, 7) is 1.40. The summed E-state index contributed by atoms with van der Waals surface area (Å²) in [5.41, 5.74) is 0.685. The first-order chi connectivity index (χ1) is 13.9. The molecule has 29 heavy (non-hydrogen) atoms. The summed E-state index contributed by atoms with van der Waals surface area (Å²) in [5, 5.41) is 3.53. The van der Waals surface area contributed by atoms with Crippen LogP contribution in [0.3, 0.4) is 0 Å². The van der Waals surface area contributed by atoms with Crippen molar-refractivity contribution >= 4 is 5.91 Å². The van der Waals surface area contributed by atoms with Gasteiger partial charge in [0.15, 0.2) is 0 Å². The van der Waals surface area contributed by atoms with Gasteiger partial charge >= 0.3 is 6.18 Å². The maximum Gasteiger partial charge on any atom is 0.416 e. The third-order valence-electron chi connectivity index (χ3n) is 5.59. The van der Waals surface area contributed by atoms with Crippen LogP contribution in [-0.4, -0.2) is 39.9 Å². The predicted molar refractivity (Wildman–Crippen MR) is 101 cm³/mol. The van der Waals surface area contributed by atoms with Crippen LogP contribution in [0.25, 0.3) is 0 Å². The SMILES string of the molecule is O=C(C1CC1)N1CCC(NC(c2ccc(C(F)(F)F)cc2)c2cnccn2)CC1. The standard InChI is InChI=1S/C21H23F3N4O/c22-21(23,24)16-5-3-14(4-6-16)19(18-13-25-9-10-26-18)27-17-7-11-28(12-8-17)20(29)15-1-2-15/h3-6,9-10,13,15,17,19,27H,1-2,7-8,11-12H2. The van der Waals surface area contributed by atoms with E-state index in [0.29, 0.717) is 24.3 Å². The van der Waals surface area contributed by atoms with Crippen LogP contribution in [0.2, 0.25) is 0 Å². The number of benzene rings is 1. The van der Waals surface area contributed by atoms with Gasteiger partial charge in [0, 0.05) is 37.4 Å². The molecule has 1 saturated heterocycles. The maximum absolute atomic E-state index is 12.9. The summed E-state index contributed by atoms with van der Waals surface area (Å²) in [6.07, 6.45) is 4.00. The highest BCUT2D eigenvalue weighted by atomic mass is 19.4. The topological polar surface area (TPSA) is 58.1 Å². The minimum absolute atomic E-state index is 0.146. The number of aromatic nitrogens is 2. The number of hydrogen-bond donors (Lipinski definition) is 1. The van der Waals surface area contributed by atoms with Crippen molar-refractivity contribution in [2.75, 3.05) is 13.1 Å². The number of hydrogen-bond acceptors (Lipinski definition) is 4. The molecule has 154 valence electrons. The first-order valence-electron chi connectivity index (χ1n) is 9.90. The van der Waals surface area contributed by atoms with Gasteiger partial charge in [-0.1, -0.05) is 12.1 Å². The Hall–Kier alpha value is -2.48. The average molecular weight is 404 g/mol. The van der Waals surface area contributed by atoms with Gasteiger partial charge in [0.25, 0.3) is 0 Å². The molecule has 1 saturated carbocycles. The zero-order valence-corrected chi connectivity index (χ0v) is 15.9. The third kappa shape index (κ3) is 4.75. The van der Waals surface area contributed by atoms with E-state index < -0.39 is 11.7 Å². The number of carbonyl (C=O) groups excluding carboxylic acids is 1. The quantitative estimate of drug-likeness (QED) is 0.828. The van der Waals surface area contributed by atoms with E-state index in [2.05, 4.69) is 15.3 Å². The van der Waals surface area contributed by atoms with E-state index in [-0.39, 0.29) is 23.9 Å². The molecule has 1 aromatic heterocycles. The number of nitrogens with zero attached hydrogens (tertiary/aromatic N) is 3. The fraction of sp³-hybridized carbons (Fsp3) is 0.476. The number of likely N-dealkylation sites (tertiary alicyclic amines) is 1. The normalized spacial score (nSPS) is 19.2. The van der Waals surface area contributed by atoms with E-state index in [1.165, 1.54) is 12.1 Å². The summed E-state index contributed by atoms with van der Waals surface area (Å²) in [5.74, 6) is 0.482. The monoisotopic (exact) mass is 404 g/mol. The lowest BCUT2D eigenvalue weighted by Crippen LogP contribution is -2.46. The van der Waals surface area contributed by atoms with Crippen molar-refractivity contribution in [3.8, 4) is 0 Å². The molecule has 5 nitrogen and oxygen atoms in total. The van der Waals surface area contributed by atoms with E-state index in [1.54, 1.807) is 18.6 Å². The molecule has 1 N–H and O–H groups in total. The number of piperidine rings is 1. The Kier molecular flexibility index (Phi) is 5.54. The third-order valence-corrected chi connectivity index (χ3v) is 5.59. The van der Waals surface area contributed by atoms with Crippen molar-refractivity contribution in [1.29, 1.82) is 0 Å². The Labute approximate surface area is 167 Å². The highest BCUT2D eigenvalue weighted by molar-refractivity contribution is 5.81. The Bertz CT molecular complexity index is 829. The lowest BCUT2D eigenvalue weighted by Gasteiger charge is -2.34. The first kappa shape index (κ1) is 19.8. The number of amides is 1. The van der Waals surface area contributed by atoms with Gasteiger partial charge in [-0.25, -0.2) is 0 Å². The van der Waals surface area contributed by atoms with Gasteiger partial charge in [-0.05, 0) is 43.4 Å². The van der Waals surface area contributed by atoms with Gasteiger partial charge in [0.05, 0.1) is 23.5 Å². The summed E-state index contributed by atoms with van der Waals surface area (Å²) in [4.78, 5) is 22.6. The van der Waals surface area contributed by atoms with Crippen LogP contribution in [0.15, 0.2) is 42.9 Å². The molecule has 4 rings (SSSR count). The van der Waals surface area contributed by atoms with Crippen molar-refractivity contribution in [2.45, 2.75) is 43.9 Å². The van der Waals surface area contributed by atoms with E-state index in [4.69, 9.17) is 0 Å². The minimum Gasteiger partial charge on any atom is -0.342 e. The molecule has 0 spiro atoms. The lowest BCUT2D eigenvalue weighted by atomic mass is 9.98. The molecular weight excluding hydrogens is 381 g/mol. The van der Waals surface area contributed by atoms with Crippen LogP contribution < -0.4 is 5.32 Å². The molecule has 1 amide bonds. The summed E-state index contributed by atoms with van der Waals surface area (Å²) >= 11 is 0. The Morgan fingerprint density at radius 3 is 2.31 bits per heavy atom. The molecule has 2 heterocycles. The van der Waals surface area contributed by atoms with Gasteiger partial charge in [-0.3, -0.25) is 14.8 Å². The summed E-state index contributed by atoms with van der Waals surface area (Å²) in [7, 11) is 0. The van der Waals surface area contributed by atoms with Crippen LogP contribution in [-0.2, 0) is 11.0 Å². The Balaban J connectivity index is 1.48. The van der Waals surface area contributed by atoms with E-state index in [1.807, 2.05) is 4.90 Å². The molecule has 1 atom stereocenters. The van der Waals surface area contributed by atoms with Crippen molar-refractivity contribution in [2.24, 2.45) is 5.92 Å². The first-order valence-corrected chi connectivity index (χ1v) is 9.90. The number of rotatable bonds is 5. The van der Waals surface area contributed by atoms with Gasteiger partial charge < -0.3 is 10.2 Å². The maximum atomic E-state index is 12.9. The van der Waals surface area contributed by atoms with E-state index >= 15 is 0 Å². The number of carbonyl (C=O) groups is 1. The van der Waals surface area contributed by atoms with Gasteiger partial charge in [-0.15, -0.1) is 0 Å². The van der Waals surface area contributed by atoms with Crippen molar-refractivity contribution in [3.05, 3.63) is 59.7 Å². The van der Waals surface area contributed by atoms with E-state index in [0.717, 1.165) is 37.8 Å². The van der Waals surface area contributed by atoms with Gasteiger partial charge in [0.1, 0.15) is 0 Å². The molecule has 8 heteroatoms. The molecule has 0 radical (unpaired) electrons. The molecule has 1 aliphatic carbocycles. The van der Waals surface area contributed by atoms with Crippen LogP contribution in [0, 0.1) is 5.92 Å². The zero-order valence-electron chi connectivity index (χ0n) is 15.9. The highest BCUT2D eigenvalue weighted by Crippen LogP contribution is 2.33. The summed E-state index contributed by atoms with van der Waals surface area (Å²) < 4.78 is 38.7. The molecule has 1 aromatic carbocycles. The molecular formula is C21H23F3N4O. The van der Waals surface area contributed by atoms with Gasteiger partial charge in [0.2, 0.25) is 5.91 Å². The zero-order chi connectivity index (χ0) is 20.4. The van der Waals surface area contributed by atoms with Crippen LogP contribution in [0.4, 0.5) is 13.2 Å². The van der Waals surface area contributed by atoms with Crippen LogP contribution >= 0.6 is 0 Å². The van der Waals surface area contributed by atoms with Crippen molar-refractivity contribution in [3.63, 3.8) is 0 Å². The molecule has 2 aromatic rings. The average Bonchev–Trinajstić information content (AvgIpc) is 3.57. The van der Waals surface area contributed by atoms with Crippen LogP contribution in [0.1, 0.15) is 48.5 Å².